The fourth-order valence-electron chi connectivity index (χ4n) is 1.74. The summed E-state index contributed by atoms with van der Waals surface area (Å²) in [7, 11) is 0. The van der Waals surface area contributed by atoms with Crippen LogP contribution in [0.5, 0.6) is 0 Å². The molecule has 0 aliphatic rings. The summed E-state index contributed by atoms with van der Waals surface area (Å²) < 4.78 is 2.64. The molecule has 108 valence electrons. The second-order valence-electron chi connectivity index (χ2n) is 5.40. The number of rotatable bonds is 2. The zero-order valence-corrected chi connectivity index (χ0v) is 12.8. The first-order chi connectivity index (χ1) is 9.20. The molecule has 0 radical (unpaired) electrons. The molecular formula is C12H14Cl2N4O2. The maximum atomic E-state index is 11.9. The van der Waals surface area contributed by atoms with Gasteiger partial charge < -0.3 is 0 Å². The molecule has 20 heavy (non-hydrogen) atoms. The molecule has 2 aromatic rings. The van der Waals surface area contributed by atoms with Gasteiger partial charge in [-0.05, 0) is 20.8 Å². The molecule has 0 aliphatic heterocycles. The second-order valence-corrected chi connectivity index (χ2v) is 6.18. The molecule has 0 unspecified atom stereocenters. The number of H-pyrrole nitrogens is 1. The molecule has 0 saturated heterocycles. The van der Waals surface area contributed by atoms with Crippen molar-refractivity contribution >= 4 is 23.2 Å². The number of hydrogen-bond acceptors (Lipinski definition) is 3. The average molecular weight is 317 g/mol. The van der Waals surface area contributed by atoms with Gasteiger partial charge >= 0.3 is 0 Å². The van der Waals surface area contributed by atoms with Crippen molar-refractivity contribution < 1.29 is 0 Å². The number of aromatic amines is 1. The molecule has 1 N–H and O–H groups in total. The first kappa shape index (κ1) is 14.9. The number of nitrogens with zero attached hydrogens (tertiary/aromatic N) is 3. The molecule has 8 heteroatoms. The Morgan fingerprint density at radius 1 is 1.30 bits per heavy atom. The van der Waals surface area contributed by atoms with Crippen LogP contribution in [0.2, 0.25) is 10.0 Å². The smallest absolute Gasteiger partial charge is 0.287 e. The van der Waals surface area contributed by atoms with E-state index in [2.05, 4.69) is 10.2 Å². The van der Waals surface area contributed by atoms with Crippen LogP contribution in [-0.4, -0.2) is 19.6 Å². The number of halogens is 2. The molecule has 2 aromatic heterocycles. The zero-order chi connectivity index (χ0) is 15.1. The minimum Gasteiger partial charge on any atom is -0.297 e. The van der Waals surface area contributed by atoms with Crippen molar-refractivity contribution in [2.24, 2.45) is 0 Å². The highest BCUT2D eigenvalue weighted by Crippen LogP contribution is 2.15. The molecule has 0 spiro atoms. The summed E-state index contributed by atoms with van der Waals surface area (Å²) in [5, 5.41) is 6.87. The summed E-state index contributed by atoms with van der Waals surface area (Å²) in [4.78, 5) is 23.7. The second kappa shape index (κ2) is 5.10. The number of nitrogens with one attached hydrogen (secondary N) is 1. The zero-order valence-electron chi connectivity index (χ0n) is 11.3. The lowest BCUT2D eigenvalue weighted by Gasteiger charge is -2.19. The van der Waals surface area contributed by atoms with Crippen LogP contribution in [0.3, 0.4) is 0 Å². The van der Waals surface area contributed by atoms with E-state index in [1.54, 1.807) is 0 Å². The Morgan fingerprint density at radius 3 is 2.50 bits per heavy atom. The van der Waals surface area contributed by atoms with Crippen LogP contribution in [0.25, 0.3) is 0 Å². The minimum absolute atomic E-state index is 0.0840. The molecule has 2 heterocycles. The fraction of sp³-hybridized carbons (Fsp3) is 0.417. The largest absolute Gasteiger partial charge is 0.297 e. The number of hydrogen-bond donors (Lipinski definition) is 1. The van der Waals surface area contributed by atoms with Crippen LogP contribution in [0, 0.1) is 0 Å². The first-order valence-corrected chi connectivity index (χ1v) is 6.68. The third kappa shape index (κ3) is 2.81. The van der Waals surface area contributed by atoms with Crippen LogP contribution >= 0.6 is 23.2 Å². The Kier molecular flexibility index (Phi) is 3.80. The van der Waals surface area contributed by atoms with Crippen molar-refractivity contribution in [3.63, 3.8) is 0 Å². The highest BCUT2D eigenvalue weighted by atomic mass is 35.5. The van der Waals surface area contributed by atoms with Gasteiger partial charge in [-0.3, -0.25) is 14.7 Å². The van der Waals surface area contributed by atoms with E-state index in [1.807, 2.05) is 20.8 Å². The maximum Gasteiger partial charge on any atom is 0.287 e. The minimum atomic E-state index is -0.497. The van der Waals surface area contributed by atoms with Gasteiger partial charge in [0.05, 0.1) is 29.0 Å². The predicted molar refractivity (Wildman–Crippen MR) is 77.7 cm³/mol. The van der Waals surface area contributed by atoms with E-state index < -0.39 is 5.56 Å². The van der Waals surface area contributed by atoms with E-state index in [0.29, 0.717) is 5.69 Å². The Hall–Kier alpha value is -1.53. The van der Waals surface area contributed by atoms with Crippen LogP contribution in [-0.2, 0) is 12.1 Å². The SMILES string of the molecule is CC(C)(C)n1[nH]c(Cn2ncc(Cl)c(Cl)c2=O)cc1=O. The molecular weight excluding hydrogens is 303 g/mol. The molecule has 0 amide bonds. The molecule has 0 aromatic carbocycles. The summed E-state index contributed by atoms with van der Waals surface area (Å²) >= 11 is 11.5. The average Bonchev–Trinajstić information content (AvgIpc) is 2.71. The van der Waals surface area contributed by atoms with Gasteiger partial charge in [0.15, 0.2) is 0 Å². The fourth-order valence-corrected chi connectivity index (χ4v) is 2.01. The lowest BCUT2D eigenvalue weighted by Crippen LogP contribution is -2.32. The van der Waals surface area contributed by atoms with Crippen molar-refractivity contribution in [1.82, 2.24) is 19.6 Å². The van der Waals surface area contributed by atoms with Crippen molar-refractivity contribution in [2.75, 3.05) is 0 Å². The van der Waals surface area contributed by atoms with Gasteiger partial charge in [-0.15, -0.1) is 0 Å². The monoisotopic (exact) mass is 316 g/mol. The van der Waals surface area contributed by atoms with Crippen LogP contribution in [0.15, 0.2) is 21.9 Å². The van der Waals surface area contributed by atoms with Gasteiger partial charge in [-0.1, -0.05) is 23.2 Å². The third-order valence-corrected chi connectivity index (χ3v) is 3.46. The van der Waals surface area contributed by atoms with E-state index in [1.165, 1.54) is 16.9 Å². The van der Waals surface area contributed by atoms with Gasteiger partial charge in [0, 0.05) is 6.07 Å². The van der Waals surface area contributed by atoms with E-state index >= 15 is 0 Å². The first-order valence-electron chi connectivity index (χ1n) is 5.92. The van der Waals surface area contributed by atoms with Gasteiger partial charge in [0.25, 0.3) is 11.1 Å². The molecule has 2 rings (SSSR count). The molecule has 0 saturated carbocycles. The van der Waals surface area contributed by atoms with E-state index in [4.69, 9.17) is 23.2 Å². The van der Waals surface area contributed by atoms with Crippen LogP contribution in [0.1, 0.15) is 26.5 Å². The lowest BCUT2D eigenvalue weighted by atomic mass is 10.1. The molecule has 0 aliphatic carbocycles. The third-order valence-electron chi connectivity index (χ3n) is 2.71. The molecule has 0 fully saturated rings. The number of aromatic nitrogens is 4. The maximum absolute atomic E-state index is 11.9. The van der Waals surface area contributed by atoms with Crippen molar-refractivity contribution in [2.45, 2.75) is 32.9 Å². The quantitative estimate of drug-likeness (QED) is 0.918. The standard InChI is InChI=1S/C12H14Cl2N4O2/c1-12(2,3)18-9(19)4-7(16-18)6-17-11(20)10(14)8(13)5-15-17/h4-5,16H,6H2,1-3H3. The van der Waals surface area contributed by atoms with Gasteiger partial charge in [-0.2, -0.15) is 5.10 Å². The van der Waals surface area contributed by atoms with Crippen LogP contribution < -0.4 is 11.1 Å². The van der Waals surface area contributed by atoms with Gasteiger partial charge in [0.2, 0.25) is 0 Å². The summed E-state index contributed by atoms with van der Waals surface area (Å²) in [5.41, 5.74) is -0.465. The summed E-state index contributed by atoms with van der Waals surface area (Å²) in [6, 6.07) is 1.43. The normalized spacial score (nSPS) is 11.8. The predicted octanol–water partition coefficient (Wildman–Crippen LogP) is 1.84. The highest BCUT2D eigenvalue weighted by Gasteiger charge is 2.17. The summed E-state index contributed by atoms with van der Waals surface area (Å²) in [6.45, 7) is 5.82. The Bertz CT molecular complexity index is 752. The van der Waals surface area contributed by atoms with Crippen LogP contribution in [0.4, 0.5) is 0 Å². The van der Waals surface area contributed by atoms with E-state index in [0.717, 1.165) is 4.68 Å². The van der Waals surface area contributed by atoms with E-state index in [-0.39, 0.29) is 27.7 Å². The molecule has 0 atom stereocenters. The van der Waals surface area contributed by atoms with Gasteiger partial charge in [0.1, 0.15) is 5.02 Å². The lowest BCUT2D eigenvalue weighted by molar-refractivity contribution is 0.342. The molecule has 6 nitrogen and oxygen atoms in total. The topological polar surface area (TPSA) is 72.7 Å². The van der Waals surface area contributed by atoms with Crippen molar-refractivity contribution in [3.8, 4) is 0 Å². The summed E-state index contributed by atoms with van der Waals surface area (Å²) in [6.07, 6.45) is 1.30. The van der Waals surface area contributed by atoms with Gasteiger partial charge in [-0.25, -0.2) is 9.36 Å². The van der Waals surface area contributed by atoms with Crippen molar-refractivity contribution in [3.05, 3.63) is 48.7 Å². The Balaban J connectivity index is 2.40. The highest BCUT2D eigenvalue weighted by molar-refractivity contribution is 6.41. The Labute approximate surface area is 124 Å². The summed E-state index contributed by atoms with van der Waals surface area (Å²) in [5.74, 6) is 0. The van der Waals surface area contributed by atoms with E-state index in [9.17, 15) is 9.59 Å². The Morgan fingerprint density at radius 2 is 1.95 bits per heavy atom. The van der Waals surface area contributed by atoms with Crippen molar-refractivity contribution in [1.29, 1.82) is 0 Å². The molecule has 0 bridgehead atoms.